The van der Waals surface area contributed by atoms with E-state index >= 15 is 0 Å². The molecule has 0 aromatic heterocycles. The molecule has 1 nitrogen and oxygen atoms in total. The second-order valence-electron chi connectivity index (χ2n) is 3.25. The summed E-state index contributed by atoms with van der Waals surface area (Å²) >= 11 is 0. The van der Waals surface area contributed by atoms with Crippen LogP contribution < -0.4 is 0 Å². The number of hydrogen-bond donors (Lipinski definition) is 0. The summed E-state index contributed by atoms with van der Waals surface area (Å²) in [6, 6.07) is 0.662. The molecule has 0 aromatic carbocycles. The van der Waals surface area contributed by atoms with E-state index in [1.54, 1.807) is 0 Å². The fraction of sp³-hybridized carbons (Fsp3) is 0.333. The molecule has 1 unspecified atom stereocenters. The van der Waals surface area contributed by atoms with Crippen molar-refractivity contribution in [3.8, 4) is 0 Å². The zero-order valence-corrected chi connectivity index (χ0v) is 5.75. The molecule has 0 saturated heterocycles. The predicted molar refractivity (Wildman–Crippen MR) is 40.1 cm³/mol. The van der Waals surface area contributed by atoms with Crippen molar-refractivity contribution in [2.45, 2.75) is 12.5 Å². The van der Waals surface area contributed by atoms with Gasteiger partial charge in [0.1, 0.15) is 0 Å². The Labute approximate surface area is 60.3 Å². The monoisotopic (exact) mass is 131 g/mol. The van der Waals surface area contributed by atoms with Crippen molar-refractivity contribution in [2.24, 2.45) is 5.92 Å². The van der Waals surface area contributed by atoms with E-state index in [0.29, 0.717) is 12.0 Å². The van der Waals surface area contributed by atoms with Gasteiger partial charge in [-0.25, -0.2) is 0 Å². The molecule has 1 saturated carbocycles. The van der Waals surface area contributed by atoms with Gasteiger partial charge in [-0.3, -0.25) is 0 Å². The first kappa shape index (κ1) is 4.78. The molecule has 1 fully saturated rings. The van der Waals surface area contributed by atoms with E-state index in [1.807, 2.05) is 0 Å². The zero-order valence-electron chi connectivity index (χ0n) is 5.75. The molecular formula is C9H9N. The van der Waals surface area contributed by atoms with E-state index in [-0.39, 0.29) is 0 Å². The summed E-state index contributed by atoms with van der Waals surface area (Å²) in [4.78, 5) is 2.32. The Balaban J connectivity index is 2.05. The second-order valence-corrected chi connectivity index (χ2v) is 3.25. The summed E-state index contributed by atoms with van der Waals surface area (Å²) in [5, 5.41) is 0. The lowest BCUT2D eigenvalue weighted by atomic mass is 9.76. The van der Waals surface area contributed by atoms with Crippen LogP contribution in [0.2, 0.25) is 0 Å². The number of rotatable bonds is 0. The van der Waals surface area contributed by atoms with Crippen LogP contribution >= 0.6 is 0 Å². The topological polar surface area (TPSA) is 3.01 Å². The maximum absolute atomic E-state index is 4.06. The highest BCUT2D eigenvalue weighted by Crippen LogP contribution is 2.46. The molecule has 0 spiro atoms. The van der Waals surface area contributed by atoms with Crippen LogP contribution in [-0.2, 0) is 0 Å². The molecule has 50 valence electrons. The average Bonchev–Trinajstić information content (AvgIpc) is 2.60. The van der Waals surface area contributed by atoms with Gasteiger partial charge < -0.3 is 4.90 Å². The van der Waals surface area contributed by atoms with Crippen LogP contribution in [0.15, 0.2) is 36.2 Å². The van der Waals surface area contributed by atoms with Crippen molar-refractivity contribution in [3.05, 3.63) is 36.2 Å². The molecule has 1 aliphatic carbocycles. The maximum atomic E-state index is 4.06. The third-order valence-electron chi connectivity index (χ3n) is 2.72. The molecule has 4 aliphatic rings. The fourth-order valence-electron chi connectivity index (χ4n) is 1.85. The Morgan fingerprint density at radius 1 is 1.60 bits per heavy atom. The minimum absolute atomic E-state index is 0.662. The Hall–Kier alpha value is -0.980. The molecule has 0 aromatic rings. The molecule has 1 heteroatoms. The zero-order chi connectivity index (χ0) is 6.72. The number of allylic oxidation sites excluding steroid dienone is 2. The van der Waals surface area contributed by atoms with Crippen molar-refractivity contribution in [2.75, 3.05) is 0 Å². The van der Waals surface area contributed by atoms with E-state index in [2.05, 4.69) is 29.8 Å². The summed E-state index contributed by atoms with van der Waals surface area (Å²) < 4.78 is 0. The van der Waals surface area contributed by atoms with Crippen molar-refractivity contribution in [1.82, 2.24) is 4.90 Å². The first-order valence-corrected chi connectivity index (χ1v) is 3.73. The SMILES string of the molecule is C=C1C2C[C@@H]1C=CC1=CN12. The smallest absolute Gasteiger partial charge is 0.0574 e. The molecule has 0 radical (unpaired) electrons. The van der Waals surface area contributed by atoms with Gasteiger partial charge >= 0.3 is 0 Å². The summed E-state index contributed by atoms with van der Waals surface area (Å²) in [7, 11) is 0. The lowest BCUT2D eigenvalue weighted by molar-refractivity contribution is 0.325. The van der Waals surface area contributed by atoms with Crippen molar-refractivity contribution >= 4 is 0 Å². The van der Waals surface area contributed by atoms with Crippen LogP contribution in [0.1, 0.15) is 6.42 Å². The van der Waals surface area contributed by atoms with Crippen molar-refractivity contribution in [1.29, 1.82) is 0 Å². The third-order valence-corrected chi connectivity index (χ3v) is 2.72. The minimum Gasteiger partial charge on any atom is -0.338 e. The van der Waals surface area contributed by atoms with E-state index in [9.17, 15) is 0 Å². The molecular weight excluding hydrogens is 122 g/mol. The van der Waals surface area contributed by atoms with Gasteiger partial charge in [0, 0.05) is 12.1 Å². The maximum Gasteiger partial charge on any atom is 0.0574 e. The quantitative estimate of drug-likeness (QED) is 0.452. The average molecular weight is 131 g/mol. The Morgan fingerprint density at radius 2 is 2.50 bits per heavy atom. The third kappa shape index (κ3) is 0.376. The largest absolute Gasteiger partial charge is 0.338 e. The van der Waals surface area contributed by atoms with Crippen LogP contribution in [0.3, 0.4) is 0 Å². The van der Waals surface area contributed by atoms with Crippen LogP contribution in [0.25, 0.3) is 0 Å². The lowest BCUT2D eigenvalue weighted by Crippen LogP contribution is -2.36. The molecule has 0 amide bonds. The normalized spacial score (nSPS) is 39.8. The Morgan fingerprint density at radius 3 is 3.30 bits per heavy atom. The van der Waals surface area contributed by atoms with Crippen LogP contribution in [0.4, 0.5) is 0 Å². The van der Waals surface area contributed by atoms with Gasteiger partial charge in [0.05, 0.1) is 11.7 Å². The van der Waals surface area contributed by atoms with Gasteiger partial charge in [-0.05, 0) is 18.1 Å². The molecule has 2 atom stereocenters. The highest BCUT2D eigenvalue weighted by molar-refractivity contribution is 5.44. The fourth-order valence-corrected chi connectivity index (χ4v) is 1.85. The van der Waals surface area contributed by atoms with Crippen LogP contribution in [0, 0.1) is 5.92 Å². The van der Waals surface area contributed by atoms with E-state index < -0.39 is 0 Å². The van der Waals surface area contributed by atoms with Crippen molar-refractivity contribution in [3.63, 3.8) is 0 Å². The van der Waals surface area contributed by atoms with E-state index in [0.717, 1.165) is 0 Å². The summed E-state index contributed by atoms with van der Waals surface area (Å²) in [5.74, 6) is 0.693. The van der Waals surface area contributed by atoms with Gasteiger partial charge in [-0.15, -0.1) is 0 Å². The number of hydrogen-bond acceptors (Lipinski definition) is 1. The first-order chi connectivity index (χ1) is 4.86. The first-order valence-electron chi connectivity index (χ1n) is 3.73. The summed E-state index contributed by atoms with van der Waals surface area (Å²) in [5.41, 5.74) is 2.80. The molecule has 3 aliphatic heterocycles. The molecule has 3 heterocycles. The van der Waals surface area contributed by atoms with E-state index in [1.165, 1.54) is 17.7 Å². The van der Waals surface area contributed by atoms with Gasteiger partial charge in [-0.1, -0.05) is 12.7 Å². The van der Waals surface area contributed by atoms with Gasteiger partial charge in [0.15, 0.2) is 0 Å². The second kappa shape index (κ2) is 1.22. The summed E-state index contributed by atoms with van der Waals surface area (Å²) in [6.07, 6.45) is 7.97. The Bertz CT molecular complexity index is 272. The highest BCUT2D eigenvalue weighted by Gasteiger charge is 2.42. The highest BCUT2D eigenvalue weighted by atomic mass is 15.3. The molecule has 10 heavy (non-hydrogen) atoms. The van der Waals surface area contributed by atoms with Crippen molar-refractivity contribution < 1.29 is 0 Å². The molecule has 4 rings (SSSR count). The molecule has 2 bridgehead atoms. The summed E-state index contributed by atoms with van der Waals surface area (Å²) in [6.45, 7) is 4.06. The van der Waals surface area contributed by atoms with Gasteiger partial charge in [0.25, 0.3) is 0 Å². The number of nitrogens with zero attached hydrogens (tertiary/aromatic N) is 1. The lowest BCUT2D eigenvalue weighted by Gasteiger charge is -2.36. The minimum atomic E-state index is 0.662. The van der Waals surface area contributed by atoms with Crippen LogP contribution in [0.5, 0.6) is 0 Å². The Kier molecular flexibility index (Phi) is 0.581. The standard InChI is InChI=1S/C9H9N/c1-6-7-2-3-8-5-10(8)9(6)4-7/h2-3,5,7,9H,1,4H2/t7-,9?,10?/m0/s1. The molecule has 0 N–H and O–H groups in total. The van der Waals surface area contributed by atoms with Gasteiger partial charge in [0.2, 0.25) is 0 Å². The van der Waals surface area contributed by atoms with Gasteiger partial charge in [-0.2, -0.15) is 0 Å². The van der Waals surface area contributed by atoms with Crippen LogP contribution in [-0.4, -0.2) is 10.9 Å². The van der Waals surface area contributed by atoms with E-state index in [4.69, 9.17) is 0 Å². The predicted octanol–water partition coefficient (Wildman–Crippen LogP) is 1.66.